The molecule has 104 valence electrons. The second kappa shape index (κ2) is 4.59. The topological polar surface area (TPSA) is 74.6 Å². The van der Waals surface area contributed by atoms with E-state index in [0.717, 1.165) is 5.56 Å². The molecule has 0 aliphatic heterocycles. The van der Waals surface area contributed by atoms with Crippen molar-refractivity contribution in [2.24, 2.45) is 0 Å². The van der Waals surface area contributed by atoms with Gasteiger partial charge in [0.2, 0.25) is 0 Å². The average molecular weight is 280 g/mol. The van der Waals surface area contributed by atoms with E-state index in [9.17, 15) is 19.8 Å². The molecule has 0 heterocycles. The van der Waals surface area contributed by atoms with Crippen LogP contribution in [0.2, 0.25) is 0 Å². The van der Waals surface area contributed by atoms with E-state index in [1.165, 1.54) is 18.2 Å². The molecule has 1 aliphatic carbocycles. The van der Waals surface area contributed by atoms with Gasteiger partial charge in [0.15, 0.2) is 11.6 Å². The van der Waals surface area contributed by atoms with E-state index in [2.05, 4.69) is 0 Å². The van der Waals surface area contributed by atoms with Gasteiger partial charge in [-0.1, -0.05) is 29.8 Å². The van der Waals surface area contributed by atoms with Crippen molar-refractivity contribution < 1.29 is 19.8 Å². The maximum atomic E-state index is 12.5. The largest absolute Gasteiger partial charge is 0.507 e. The number of ketones is 2. The van der Waals surface area contributed by atoms with Gasteiger partial charge in [-0.25, -0.2) is 0 Å². The number of Topliss-reactive ketones (excluding diaryl/α,β-unsaturated/α-hetero) is 1. The van der Waals surface area contributed by atoms with Gasteiger partial charge in [-0.05, 0) is 30.7 Å². The molecule has 0 atom stereocenters. The van der Waals surface area contributed by atoms with Gasteiger partial charge in [0.25, 0.3) is 0 Å². The molecule has 4 nitrogen and oxygen atoms in total. The van der Waals surface area contributed by atoms with Gasteiger partial charge < -0.3 is 10.2 Å². The van der Waals surface area contributed by atoms with Crippen LogP contribution in [-0.4, -0.2) is 21.8 Å². The summed E-state index contributed by atoms with van der Waals surface area (Å²) in [5.74, 6) is -1.57. The molecule has 2 N–H and O–H groups in total. The number of rotatable bonds is 1. The van der Waals surface area contributed by atoms with E-state index in [4.69, 9.17) is 0 Å². The van der Waals surface area contributed by atoms with Crippen LogP contribution in [0.5, 0.6) is 11.5 Å². The number of hydrogen-bond donors (Lipinski definition) is 2. The first-order chi connectivity index (χ1) is 9.99. The van der Waals surface area contributed by atoms with Crippen molar-refractivity contribution in [3.8, 4) is 11.5 Å². The number of aromatic hydroxyl groups is 2. The summed E-state index contributed by atoms with van der Waals surface area (Å²) in [5, 5.41) is 19.6. The molecule has 2 aromatic carbocycles. The lowest BCUT2D eigenvalue weighted by molar-refractivity contribution is 0.0996. The fourth-order valence-electron chi connectivity index (χ4n) is 2.41. The van der Waals surface area contributed by atoms with E-state index in [-0.39, 0.29) is 28.2 Å². The van der Waals surface area contributed by atoms with E-state index < -0.39 is 11.6 Å². The summed E-state index contributed by atoms with van der Waals surface area (Å²) in [7, 11) is 0. The van der Waals surface area contributed by atoms with E-state index in [1.54, 1.807) is 12.1 Å². The second-order valence-corrected chi connectivity index (χ2v) is 4.97. The molecule has 21 heavy (non-hydrogen) atoms. The molecular formula is C17H12O4. The standard InChI is InChI=1S/C17H12O4/c1-9-2-4-10(5-3-9)11-8-14(20)15-12(18)6-7-13(19)16(15)17(11)21/h2-8,18-19H,1H3. The summed E-state index contributed by atoms with van der Waals surface area (Å²) in [6.45, 7) is 1.92. The Morgan fingerprint density at radius 1 is 0.810 bits per heavy atom. The molecule has 2 aromatic rings. The van der Waals surface area contributed by atoms with Crippen LogP contribution in [0.3, 0.4) is 0 Å². The first kappa shape index (κ1) is 13.1. The number of aryl methyl sites for hydroxylation is 1. The Balaban J connectivity index is 2.20. The fraction of sp³-hybridized carbons (Fsp3) is 0.0588. The van der Waals surface area contributed by atoms with Crippen molar-refractivity contribution in [1.82, 2.24) is 0 Å². The molecule has 0 saturated heterocycles. The van der Waals surface area contributed by atoms with E-state index >= 15 is 0 Å². The molecule has 0 spiro atoms. The summed E-state index contributed by atoms with van der Waals surface area (Å²) in [6, 6.07) is 9.58. The molecule has 0 fully saturated rings. The van der Waals surface area contributed by atoms with Crippen molar-refractivity contribution in [3.05, 3.63) is 64.7 Å². The van der Waals surface area contributed by atoms with E-state index in [1.807, 2.05) is 19.1 Å². The highest BCUT2D eigenvalue weighted by atomic mass is 16.3. The fourth-order valence-corrected chi connectivity index (χ4v) is 2.41. The Bertz CT molecular complexity index is 798. The quantitative estimate of drug-likeness (QED) is 0.788. The second-order valence-electron chi connectivity index (χ2n) is 4.97. The molecule has 0 unspecified atom stereocenters. The lowest BCUT2D eigenvalue weighted by atomic mass is 9.85. The summed E-state index contributed by atoms with van der Waals surface area (Å²) in [5.41, 5.74) is 1.57. The third kappa shape index (κ3) is 2.01. The number of carbonyl (C=O) groups is 2. The van der Waals surface area contributed by atoms with Gasteiger partial charge in [-0.3, -0.25) is 9.59 Å². The van der Waals surface area contributed by atoms with Crippen LogP contribution in [0.25, 0.3) is 5.57 Å². The third-order valence-electron chi connectivity index (χ3n) is 3.52. The van der Waals surface area contributed by atoms with Crippen molar-refractivity contribution in [1.29, 1.82) is 0 Å². The van der Waals surface area contributed by atoms with Crippen molar-refractivity contribution in [3.63, 3.8) is 0 Å². The predicted molar refractivity (Wildman–Crippen MR) is 77.6 cm³/mol. The molecule has 0 bridgehead atoms. The van der Waals surface area contributed by atoms with E-state index in [0.29, 0.717) is 5.56 Å². The smallest absolute Gasteiger partial charge is 0.198 e. The van der Waals surface area contributed by atoms with Crippen molar-refractivity contribution >= 4 is 17.1 Å². The molecule has 1 aliphatic rings. The number of allylic oxidation sites excluding steroid dienone is 2. The van der Waals surface area contributed by atoms with Crippen LogP contribution in [0, 0.1) is 6.92 Å². The zero-order valence-corrected chi connectivity index (χ0v) is 11.3. The minimum Gasteiger partial charge on any atom is -0.507 e. The molecule has 0 amide bonds. The minimum absolute atomic E-state index is 0.141. The SMILES string of the molecule is Cc1ccc(C2=CC(=O)c3c(O)ccc(O)c3C2=O)cc1. The predicted octanol–water partition coefficient (Wildman–Crippen LogP) is 2.87. The molecule has 4 heteroatoms. The van der Waals surface area contributed by atoms with Crippen LogP contribution in [0.1, 0.15) is 31.8 Å². The third-order valence-corrected chi connectivity index (χ3v) is 3.52. The highest BCUT2D eigenvalue weighted by Crippen LogP contribution is 2.37. The Hall–Kier alpha value is -2.88. The maximum Gasteiger partial charge on any atom is 0.198 e. The summed E-state index contributed by atoms with van der Waals surface area (Å²) >= 11 is 0. The molecule has 3 rings (SSSR count). The molecule has 0 saturated carbocycles. The zero-order valence-electron chi connectivity index (χ0n) is 11.3. The molecular weight excluding hydrogens is 268 g/mol. The highest BCUT2D eigenvalue weighted by molar-refractivity contribution is 6.39. The van der Waals surface area contributed by atoms with Crippen LogP contribution in [0.4, 0.5) is 0 Å². The maximum absolute atomic E-state index is 12.5. The number of phenols is 2. The van der Waals surface area contributed by atoms with Crippen molar-refractivity contribution in [2.45, 2.75) is 6.92 Å². The highest BCUT2D eigenvalue weighted by Gasteiger charge is 2.31. The van der Waals surface area contributed by atoms with Crippen LogP contribution in [-0.2, 0) is 0 Å². The van der Waals surface area contributed by atoms with Crippen LogP contribution < -0.4 is 0 Å². The summed E-state index contributed by atoms with van der Waals surface area (Å²) in [4.78, 5) is 24.7. The van der Waals surface area contributed by atoms with Gasteiger partial charge in [-0.15, -0.1) is 0 Å². The zero-order chi connectivity index (χ0) is 15.1. The molecule has 0 radical (unpaired) electrons. The molecule has 0 aromatic heterocycles. The van der Waals surface area contributed by atoms with Gasteiger partial charge in [-0.2, -0.15) is 0 Å². The van der Waals surface area contributed by atoms with Gasteiger partial charge >= 0.3 is 0 Å². The van der Waals surface area contributed by atoms with Crippen LogP contribution >= 0.6 is 0 Å². The number of phenolic OH excluding ortho intramolecular Hbond substituents is 2. The Morgan fingerprint density at radius 3 is 2.00 bits per heavy atom. The van der Waals surface area contributed by atoms with Gasteiger partial charge in [0.05, 0.1) is 11.1 Å². The summed E-state index contributed by atoms with van der Waals surface area (Å²) < 4.78 is 0. The number of carbonyl (C=O) groups excluding carboxylic acids is 2. The lowest BCUT2D eigenvalue weighted by Gasteiger charge is -2.17. The lowest BCUT2D eigenvalue weighted by Crippen LogP contribution is -2.16. The number of hydrogen-bond acceptors (Lipinski definition) is 4. The first-order valence-corrected chi connectivity index (χ1v) is 6.41. The Kier molecular flexibility index (Phi) is 2.87. The van der Waals surface area contributed by atoms with Gasteiger partial charge in [0, 0.05) is 5.57 Å². The van der Waals surface area contributed by atoms with Gasteiger partial charge in [0.1, 0.15) is 11.5 Å². The summed E-state index contributed by atoms with van der Waals surface area (Å²) in [6.07, 6.45) is 1.20. The minimum atomic E-state index is -0.492. The monoisotopic (exact) mass is 280 g/mol. The Morgan fingerprint density at radius 2 is 1.38 bits per heavy atom. The number of fused-ring (bicyclic) bond motifs is 1. The first-order valence-electron chi connectivity index (χ1n) is 6.41. The number of benzene rings is 2. The van der Waals surface area contributed by atoms with Crippen LogP contribution in [0.15, 0.2) is 42.5 Å². The normalized spacial score (nSPS) is 13.9. The van der Waals surface area contributed by atoms with Crippen molar-refractivity contribution in [2.75, 3.05) is 0 Å². The Labute approximate surface area is 121 Å². The average Bonchev–Trinajstić information content (AvgIpc) is 2.46.